The first-order chi connectivity index (χ1) is 13.0. The number of rotatable bonds is 11. The molecule has 146 valence electrons. The van der Waals surface area contributed by atoms with Gasteiger partial charge in [-0.15, -0.1) is 6.58 Å². The number of methoxy groups -OCH3 is 1. The Hall–Kier alpha value is -2.10. The Kier molecular flexibility index (Phi) is 8.08. The Labute approximate surface area is 164 Å². The molecule has 0 N–H and O–H groups in total. The SMILES string of the molecule is C=CCOC(C)(C)C(Cc1ccc(OC)cc1)[C@H](C)OCc1ccccc1. The third-order valence-electron chi connectivity index (χ3n) is 5.00. The van der Waals surface area contributed by atoms with Gasteiger partial charge in [-0.1, -0.05) is 48.5 Å². The lowest BCUT2D eigenvalue weighted by Crippen LogP contribution is -2.43. The smallest absolute Gasteiger partial charge is 0.118 e. The van der Waals surface area contributed by atoms with Crippen LogP contribution in [-0.2, 0) is 22.5 Å². The van der Waals surface area contributed by atoms with E-state index < -0.39 is 0 Å². The second-order valence-electron chi connectivity index (χ2n) is 7.36. The third-order valence-corrected chi connectivity index (χ3v) is 5.00. The highest BCUT2D eigenvalue weighted by Crippen LogP contribution is 2.31. The Morgan fingerprint density at radius 1 is 1.00 bits per heavy atom. The van der Waals surface area contributed by atoms with Crippen LogP contribution >= 0.6 is 0 Å². The summed E-state index contributed by atoms with van der Waals surface area (Å²) in [5.41, 5.74) is 2.08. The van der Waals surface area contributed by atoms with Crippen LogP contribution in [0.25, 0.3) is 0 Å². The summed E-state index contributed by atoms with van der Waals surface area (Å²) < 4.78 is 17.6. The molecule has 0 bridgehead atoms. The van der Waals surface area contributed by atoms with E-state index in [-0.39, 0.29) is 17.6 Å². The van der Waals surface area contributed by atoms with Crippen molar-refractivity contribution in [2.45, 2.75) is 45.5 Å². The number of ether oxygens (including phenoxy) is 3. The molecule has 2 aromatic carbocycles. The minimum atomic E-state index is -0.343. The van der Waals surface area contributed by atoms with Crippen LogP contribution in [0.3, 0.4) is 0 Å². The molecular formula is C24H32O3. The minimum absolute atomic E-state index is 0.0344. The summed E-state index contributed by atoms with van der Waals surface area (Å²) in [4.78, 5) is 0. The lowest BCUT2D eigenvalue weighted by Gasteiger charge is -2.38. The molecule has 0 aromatic heterocycles. The molecular weight excluding hydrogens is 336 g/mol. The van der Waals surface area contributed by atoms with E-state index in [1.807, 2.05) is 30.3 Å². The molecule has 0 amide bonds. The Morgan fingerprint density at radius 2 is 1.67 bits per heavy atom. The van der Waals surface area contributed by atoms with Crippen LogP contribution in [0.5, 0.6) is 5.75 Å². The zero-order valence-corrected chi connectivity index (χ0v) is 17.0. The van der Waals surface area contributed by atoms with Gasteiger partial charge in [0.1, 0.15) is 5.75 Å². The van der Waals surface area contributed by atoms with Crippen molar-refractivity contribution in [1.82, 2.24) is 0 Å². The largest absolute Gasteiger partial charge is 0.497 e. The van der Waals surface area contributed by atoms with Crippen molar-refractivity contribution in [3.63, 3.8) is 0 Å². The molecule has 2 rings (SSSR count). The molecule has 0 spiro atoms. The monoisotopic (exact) mass is 368 g/mol. The van der Waals surface area contributed by atoms with Crippen molar-refractivity contribution < 1.29 is 14.2 Å². The van der Waals surface area contributed by atoms with Crippen molar-refractivity contribution in [2.75, 3.05) is 13.7 Å². The summed E-state index contributed by atoms with van der Waals surface area (Å²) in [5.74, 6) is 1.06. The molecule has 0 saturated carbocycles. The van der Waals surface area contributed by atoms with E-state index >= 15 is 0 Å². The second-order valence-corrected chi connectivity index (χ2v) is 7.36. The van der Waals surface area contributed by atoms with E-state index in [1.54, 1.807) is 13.2 Å². The summed E-state index contributed by atoms with van der Waals surface area (Å²) >= 11 is 0. The summed E-state index contributed by atoms with van der Waals surface area (Å²) in [6.45, 7) is 11.3. The van der Waals surface area contributed by atoms with Gasteiger partial charge >= 0.3 is 0 Å². The van der Waals surface area contributed by atoms with Gasteiger partial charge < -0.3 is 14.2 Å². The van der Waals surface area contributed by atoms with Gasteiger partial charge in [-0.3, -0.25) is 0 Å². The molecule has 0 aliphatic rings. The Bertz CT molecular complexity index is 677. The maximum Gasteiger partial charge on any atom is 0.118 e. The van der Waals surface area contributed by atoms with Crippen molar-refractivity contribution in [2.24, 2.45) is 5.92 Å². The van der Waals surface area contributed by atoms with Crippen LogP contribution in [0.1, 0.15) is 31.9 Å². The summed E-state index contributed by atoms with van der Waals surface area (Å²) in [6.07, 6.45) is 2.69. The van der Waals surface area contributed by atoms with Gasteiger partial charge in [0.15, 0.2) is 0 Å². The van der Waals surface area contributed by atoms with Gasteiger partial charge in [0.05, 0.1) is 32.0 Å². The van der Waals surface area contributed by atoms with E-state index in [1.165, 1.54) is 11.1 Å². The van der Waals surface area contributed by atoms with Crippen molar-refractivity contribution in [3.05, 3.63) is 78.4 Å². The van der Waals surface area contributed by atoms with Crippen LogP contribution in [0, 0.1) is 5.92 Å². The first-order valence-electron chi connectivity index (χ1n) is 9.49. The maximum atomic E-state index is 6.24. The minimum Gasteiger partial charge on any atom is -0.497 e. The van der Waals surface area contributed by atoms with Gasteiger partial charge in [-0.2, -0.15) is 0 Å². The average molecular weight is 369 g/mol. The first-order valence-corrected chi connectivity index (χ1v) is 9.49. The molecule has 2 atom stereocenters. The highest BCUT2D eigenvalue weighted by molar-refractivity contribution is 5.27. The van der Waals surface area contributed by atoms with E-state index in [4.69, 9.17) is 14.2 Å². The van der Waals surface area contributed by atoms with E-state index in [0.717, 1.165) is 12.2 Å². The predicted molar refractivity (Wildman–Crippen MR) is 111 cm³/mol. The lowest BCUT2D eigenvalue weighted by atomic mass is 9.81. The third kappa shape index (κ3) is 6.53. The van der Waals surface area contributed by atoms with Crippen LogP contribution in [0.2, 0.25) is 0 Å². The van der Waals surface area contributed by atoms with Crippen LogP contribution in [0.4, 0.5) is 0 Å². The van der Waals surface area contributed by atoms with Gasteiger partial charge in [0.2, 0.25) is 0 Å². The van der Waals surface area contributed by atoms with Crippen molar-refractivity contribution in [1.29, 1.82) is 0 Å². The fourth-order valence-electron chi connectivity index (χ4n) is 3.29. The summed E-state index contributed by atoms with van der Waals surface area (Å²) in [5, 5.41) is 0. The highest BCUT2D eigenvalue weighted by Gasteiger charge is 2.35. The van der Waals surface area contributed by atoms with Crippen LogP contribution in [-0.4, -0.2) is 25.4 Å². The van der Waals surface area contributed by atoms with E-state index in [2.05, 4.69) is 51.6 Å². The lowest BCUT2D eigenvalue weighted by molar-refractivity contribution is -0.105. The molecule has 0 aliphatic carbocycles. The zero-order chi connectivity index (χ0) is 19.7. The molecule has 0 saturated heterocycles. The van der Waals surface area contributed by atoms with Gasteiger partial charge in [0, 0.05) is 5.92 Å². The molecule has 3 heteroatoms. The standard InChI is InChI=1S/C24H32O3/c1-6-16-27-24(3,4)23(17-20-12-14-22(25-5)15-13-20)19(2)26-18-21-10-8-7-9-11-21/h6-15,19,23H,1,16-18H2,2-5H3/t19-,23?/m0/s1. The fourth-order valence-corrected chi connectivity index (χ4v) is 3.29. The molecule has 3 nitrogen and oxygen atoms in total. The molecule has 2 aromatic rings. The molecule has 0 aliphatic heterocycles. The van der Waals surface area contributed by atoms with Gasteiger partial charge in [-0.25, -0.2) is 0 Å². The fraction of sp³-hybridized carbons (Fsp3) is 0.417. The number of benzene rings is 2. The number of hydrogen-bond donors (Lipinski definition) is 0. The Balaban J connectivity index is 2.12. The van der Waals surface area contributed by atoms with Crippen molar-refractivity contribution >= 4 is 0 Å². The zero-order valence-electron chi connectivity index (χ0n) is 17.0. The predicted octanol–water partition coefficient (Wildman–Crippen LogP) is 5.44. The van der Waals surface area contributed by atoms with Crippen LogP contribution in [0.15, 0.2) is 67.3 Å². The molecule has 27 heavy (non-hydrogen) atoms. The molecule has 1 unspecified atom stereocenters. The topological polar surface area (TPSA) is 27.7 Å². The van der Waals surface area contributed by atoms with Gasteiger partial charge in [-0.05, 0) is 50.5 Å². The van der Waals surface area contributed by atoms with Gasteiger partial charge in [0.25, 0.3) is 0 Å². The first kappa shape index (κ1) is 21.2. The summed E-state index contributed by atoms with van der Waals surface area (Å²) in [6, 6.07) is 18.5. The number of hydrogen-bond acceptors (Lipinski definition) is 3. The normalized spacial score (nSPS) is 13.8. The van der Waals surface area contributed by atoms with E-state index in [0.29, 0.717) is 13.2 Å². The molecule has 0 heterocycles. The quantitative estimate of drug-likeness (QED) is 0.494. The van der Waals surface area contributed by atoms with Crippen LogP contribution < -0.4 is 4.74 Å². The summed E-state index contributed by atoms with van der Waals surface area (Å²) in [7, 11) is 1.68. The van der Waals surface area contributed by atoms with Crippen molar-refractivity contribution in [3.8, 4) is 5.75 Å². The molecule has 0 fully saturated rings. The molecule has 0 radical (unpaired) electrons. The second kappa shape index (κ2) is 10.3. The average Bonchev–Trinajstić information content (AvgIpc) is 2.70. The Morgan fingerprint density at radius 3 is 2.26 bits per heavy atom. The van der Waals surface area contributed by atoms with E-state index in [9.17, 15) is 0 Å². The highest BCUT2D eigenvalue weighted by atomic mass is 16.5. The maximum absolute atomic E-state index is 6.24.